The number of aromatic hydroxyl groups is 2. The minimum absolute atomic E-state index is 0.0344. The Balaban J connectivity index is 0.000000467. The molecule has 1 fully saturated rings. The van der Waals surface area contributed by atoms with Gasteiger partial charge in [0.2, 0.25) is 0 Å². The average molecular weight is 600 g/mol. The highest BCUT2D eigenvalue weighted by atomic mass is 16.7. The smallest absolute Gasteiger partial charge is 0.328 e. The molecule has 2 aliphatic carbocycles. The van der Waals surface area contributed by atoms with E-state index in [-0.39, 0.29) is 59.3 Å². The highest BCUT2D eigenvalue weighted by Gasteiger charge is 2.48. The van der Waals surface area contributed by atoms with Crippen LogP contribution in [0.3, 0.4) is 0 Å². The highest BCUT2D eigenvalue weighted by molar-refractivity contribution is 6.30. The fourth-order valence-corrected chi connectivity index (χ4v) is 5.27. The lowest BCUT2D eigenvalue weighted by molar-refractivity contribution is -0.238. The molecule has 0 amide bonds. The molecular formula is C29H29NO13. The maximum atomic E-state index is 13.3. The molecule has 43 heavy (non-hydrogen) atoms. The molecule has 0 aromatic heterocycles. The molecule has 0 saturated carbocycles. The number of Topliss-reactive ketones (excluding diaryl/α,β-unsaturated/α-hetero) is 1. The topological polar surface area (TPSA) is 251 Å². The Morgan fingerprint density at radius 3 is 1.98 bits per heavy atom. The molecule has 228 valence electrons. The number of hydrogen-bond acceptors (Lipinski definition) is 12. The second-order valence-electron chi connectivity index (χ2n) is 10.4. The Labute approximate surface area is 243 Å². The van der Waals surface area contributed by atoms with Crippen molar-refractivity contribution in [2.75, 3.05) is 6.61 Å². The number of aliphatic carboxylic acids is 2. The van der Waals surface area contributed by atoms with Crippen molar-refractivity contribution in [2.45, 2.75) is 56.3 Å². The van der Waals surface area contributed by atoms with E-state index in [1.807, 2.05) is 0 Å². The van der Waals surface area contributed by atoms with Crippen molar-refractivity contribution in [3.63, 3.8) is 0 Å². The molecule has 2 aromatic rings. The number of phenols is 2. The Kier molecular flexibility index (Phi) is 8.80. The number of aliphatic hydroxyl groups excluding tert-OH is 2. The van der Waals surface area contributed by atoms with Gasteiger partial charge in [-0.25, -0.2) is 9.59 Å². The lowest BCUT2D eigenvalue weighted by Crippen LogP contribution is -2.53. The van der Waals surface area contributed by atoms with Gasteiger partial charge in [0.15, 0.2) is 17.9 Å². The number of carbonyl (C=O) groups is 5. The molecule has 5 rings (SSSR count). The summed E-state index contributed by atoms with van der Waals surface area (Å²) in [6, 6.07) is 6.10. The van der Waals surface area contributed by atoms with Crippen LogP contribution in [-0.2, 0) is 30.3 Å². The Bertz CT molecular complexity index is 1530. The van der Waals surface area contributed by atoms with E-state index in [2.05, 4.69) is 0 Å². The van der Waals surface area contributed by atoms with Crippen LogP contribution in [0.25, 0.3) is 0 Å². The SMILES string of the molecule is CC(=O)[C@]1(N)Cc2c(O)c3c(c(O)c2[C@@H](O[C@H]2C[C@H](O)[C@H](O)CO2)C1)C(=O)c1ccccc1C3=O.O=C(O)/C=C\C(=O)O. The molecule has 1 saturated heterocycles. The zero-order valence-electron chi connectivity index (χ0n) is 22.7. The van der Waals surface area contributed by atoms with Crippen molar-refractivity contribution in [3.8, 4) is 11.5 Å². The van der Waals surface area contributed by atoms with Crippen molar-refractivity contribution in [1.82, 2.24) is 0 Å². The Morgan fingerprint density at radius 2 is 1.49 bits per heavy atom. The number of phenolic OH excluding ortho intramolecular Hbond substituents is 2. The third kappa shape index (κ3) is 6.04. The van der Waals surface area contributed by atoms with Crippen LogP contribution >= 0.6 is 0 Å². The molecule has 14 heteroatoms. The summed E-state index contributed by atoms with van der Waals surface area (Å²) in [5, 5.41) is 57.9. The molecule has 8 N–H and O–H groups in total. The van der Waals surface area contributed by atoms with Gasteiger partial charge in [-0.3, -0.25) is 14.4 Å². The fourth-order valence-electron chi connectivity index (χ4n) is 5.27. The van der Waals surface area contributed by atoms with Crippen molar-refractivity contribution < 1.29 is 64.1 Å². The summed E-state index contributed by atoms with van der Waals surface area (Å²) in [5.74, 6) is -5.25. The van der Waals surface area contributed by atoms with Gasteiger partial charge in [-0.05, 0) is 6.92 Å². The van der Waals surface area contributed by atoms with Crippen LogP contribution < -0.4 is 5.73 Å². The number of hydrogen-bond donors (Lipinski definition) is 7. The first-order chi connectivity index (χ1) is 20.2. The second kappa shape index (κ2) is 12.0. The minimum Gasteiger partial charge on any atom is -0.507 e. The molecule has 0 unspecified atom stereocenters. The summed E-state index contributed by atoms with van der Waals surface area (Å²) in [7, 11) is 0. The lowest BCUT2D eigenvalue weighted by atomic mass is 9.71. The lowest BCUT2D eigenvalue weighted by Gasteiger charge is -2.41. The van der Waals surface area contributed by atoms with E-state index < -0.39 is 70.9 Å². The number of rotatable bonds is 5. The summed E-state index contributed by atoms with van der Waals surface area (Å²) >= 11 is 0. The summed E-state index contributed by atoms with van der Waals surface area (Å²) in [5.41, 5.74) is 4.47. The largest absolute Gasteiger partial charge is 0.507 e. The summed E-state index contributed by atoms with van der Waals surface area (Å²) in [6.07, 6.45) is -3.62. The Morgan fingerprint density at radius 1 is 0.953 bits per heavy atom. The van der Waals surface area contributed by atoms with Gasteiger partial charge in [0.05, 0.1) is 35.5 Å². The van der Waals surface area contributed by atoms with Gasteiger partial charge in [-0.2, -0.15) is 0 Å². The van der Waals surface area contributed by atoms with Crippen LogP contribution in [0.1, 0.15) is 68.8 Å². The predicted molar refractivity (Wildman–Crippen MR) is 144 cm³/mol. The van der Waals surface area contributed by atoms with Crippen LogP contribution in [-0.4, -0.2) is 90.6 Å². The van der Waals surface area contributed by atoms with Crippen LogP contribution in [0.15, 0.2) is 36.4 Å². The van der Waals surface area contributed by atoms with Gasteiger partial charge in [0.1, 0.15) is 23.4 Å². The monoisotopic (exact) mass is 599 g/mol. The Hall–Kier alpha value is -4.47. The van der Waals surface area contributed by atoms with Crippen LogP contribution in [0, 0.1) is 0 Å². The first-order valence-corrected chi connectivity index (χ1v) is 13.0. The number of carboxylic acid groups (broad SMARTS) is 2. The van der Waals surface area contributed by atoms with Gasteiger partial charge in [0.25, 0.3) is 0 Å². The van der Waals surface area contributed by atoms with Crippen LogP contribution in [0.2, 0.25) is 0 Å². The zero-order valence-corrected chi connectivity index (χ0v) is 22.7. The maximum absolute atomic E-state index is 13.3. The van der Waals surface area contributed by atoms with E-state index in [1.54, 1.807) is 12.1 Å². The van der Waals surface area contributed by atoms with Gasteiger partial charge in [-0.1, -0.05) is 24.3 Å². The van der Waals surface area contributed by atoms with Crippen molar-refractivity contribution in [3.05, 3.63) is 69.8 Å². The summed E-state index contributed by atoms with van der Waals surface area (Å²) in [4.78, 5) is 58.1. The molecule has 14 nitrogen and oxygen atoms in total. The maximum Gasteiger partial charge on any atom is 0.328 e. The molecule has 5 atom stereocenters. The molecule has 0 radical (unpaired) electrons. The molecule has 0 spiro atoms. The van der Waals surface area contributed by atoms with E-state index in [4.69, 9.17) is 25.4 Å². The van der Waals surface area contributed by atoms with E-state index in [9.17, 15) is 44.4 Å². The number of benzene rings is 2. The number of nitrogens with two attached hydrogens (primary N) is 1. The quantitative estimate of drug-likeness (QED) is 0.154. The van der Waals surface area contributed by atoms with E-state index in [0.29, 0.717) is 12.2 Å². The van der Waals surface area contributed by atoms with E-state index in [1.165, 1.54) is 19.1 Å². The molecule has 1 heterocycles. The van der Waals surface area contributed by atoms with Crippen molar-refractivity contribution >= 4 is 29.3 Å². The first kappa shape index (κ1) is 31.5. The standard InChI is InChI=1S/C25H25NO9.C4H4O4/c1-10(27)25(26)7-13-18(16(8-25)35-17-6-14(28)15(29)9-34-17)24(33)20-19(23(13)32)21(30)11-4-2-3-5-12(11)22(20)31;5-3(6)1-2-4(7)8/h2-5,14-17,28-29,32-33H,6-9,26H2,1H3;1-2H,(H,5,6)(H,7,8)/b;2-1-/t14-,15+,16-,17-,25-;/m0./s1. The zero-order chi connectivity index (χ0) is 31.8. The third-order valence-corrected chi connectivity index (χ3v) is 7.54. The van der Waals surface area contributed by atoms with Gasteiger partial charge in [-0.15, -0.1) is 0 Å². The van der Waals surface area contributed by atoms with E-state index >= 15 is 0 Å². The first-order valence-electron chi connectivity index (χ1n) is 13.0. The fraction of sp³-hybridized carbons (Fsp3) is 0.345. The number of fused-ring (bicyclic) bond motifs is 3. The molecule has 1 aliphatic heterocycles. The number of ether oxygens (including phenoxy) is 2. The number of carboxylic acids is 2. The van der Waals surface area contributed by atoms with Gasteiger partial charge in [0, 0.05) is 53.7 Å². The summed E-state index contributed by atoms with van der Waals surface area (Å²) in [6.45, 7) is 1.09. The number of carbonyl (C=O) groups excluding carboxylic acids is 3. The minimum atomic E-state index is -1.50. The predicted octanol–water partition coefficient (Wildman–Crippen LogP) is 0.344. The van der Waals surface area contributed by atoms with E-state index in [0.717, 1.165) is 0 Å². The van der Waals surface area contributed by atoms with Crippen LogP contribution in [0.4, 0.5) is 0 Å². The molecule has 0 bridgehead atoms. The highest BCUT2D eigenvalue weighted by Crippen LogP contribution is 2.51. The second-order valence-corrected chi connectivity index (χ2v) is 10.4. The average Bonchev–Trinajstić information content (AvgIpc) is 2.94. The van der Waals surface area contributed by atoms with Gasteiger partial charge < -0.3 is 45.8 Å². The van der Waals surface area contributed by atoms with Crippen molar-refractivity contribution in [2.24, 2.45) is 5.73 Å². The summed E-state index contributed by atoms with van der Waals surface area (Å²) < 4.78 is 11.4. The van der Waals surface area contributed by atoms with Gasteiger partial charge >= 0.3 is 11.9 Å². The molecule has 3 aliphatic rings. The number of ketones is 3. The molecule has 2 aromatic carbocycles. The third-order valence-electron chi connectivity index (χ3n) is 7.54. The van der Waals surface area contributed by atoms with Crippen molar-refractivity contribution in [1.29, 1.82) is 0 Å². The molecular weight excluding hydrogens is 570 g/mol. The normalized spacial score (nSPS) is 26.0. The number of aliphatic hydroxyl groups is 2. The van der Waals surface area contributed by atoms with Crippen LogP contribution in [0.5, 0.6) is 11.5 Å².